The van der Waals surface area contributed by atoms with E-state index in [0.29, 0.717) is 11.8 Å². The van der Waals surface area contributed by atoms with E-state index in [9.17, 15) is 0 Å². The Morgan fingerprint density at radius 3 is 2.70 bits per heavy atom. The lowest BCUT2D eigenvalue weighted by Gasteiger charge is -2.41. The van der Waals surface area contributed by atoms with Gasteiger partial charge in [-0.25, -0.2) is 15.0 Å². The number of imidazole rings is 1. The third-order valence-electron chi connectivity index (χ3n) is 7.77. The minimum atomic E-state index is 0.528. The average Bonchev–Trinajstić information content (AvgIpc) is 3.27. The molecular formula is C30H30N6O. The molecule has 2 aromatic carbocycles. The van der Waals surface area contributed by atoms with Crippen LogP contribution in [0.4, 0.5) is 11.5 Å². The zero-order valence-electron chi connectivity index (χ0n) is 21.0. The van der Waals surface area contributed by atoms with Crippen LogP contribution in [0, 0.1) is 12.8 Å². The van der Waals surface area contributed by atoms with E-state index in [1.165, 1.54) is 38.9 Å². The summed E-state index contributed by atoms with van der Waals surface area (Å²) in [6, 6.07) is 17.9. The number of benzene rings is 2. The van der Waals surface area contributed by atoms with Crippen molar-refractivity contribution in [2.45, 2.75) is 32.1 Å². The van der Waals surface area contributed by atoms with Crippen LogP contribution in [0.5, 0.6) is 11.6 Å². The van der Waals surface area contributed by atoms with Crippen LogP contribution in [-0.4, -0.2) is 43.9 Å². The van der Waals surface area contributed by atoms with Crippen molar-refractivity contribution in [1.82, 2.24) is 24.3 Å². The van der Waals surface area contributed by atoms with Crippen LogP contribution >= 0.6 is 0 Å². The quantitative estimate of drug-likeness (QED) is 0.288. The monoisotopic (exact) mass is 490 g/mol. The van der Waals surface area contributed by atoms with Crippen molar-refractivity contribution in [2.24, 2.45) is 5.92 Å². The molecule has 0 unspecified atom stereocenters. The molecule has 0 spiro atoms. The fourth-order valence-electron chi connectivity index (χ4n) is 5.62. The number of nitrogens with zero attached hydrogens (tertiary/aromatic N) is 5. The third-order valence-corrected chi connectivity index (χ3v) is 7.77. The molecule has 5 aromatic rings. The minimum absolute atomic E-state index is 0.528. The number of anilines is 2. The van der Waals surface area contributed by atoms with E-state index in [1.54, 1.807) is 0 Å². The highest BCUT2D eigenvalue weighted by Crippen LogP contribution is 2.42. The summed E-state index contributed by atoms with van der Waals surface area (Å²) < 4.78 is 8.21. The predicted octanol–water partition coefficient (Wildman–Crippen LogP) is 6.32. The Morgan fingerprint density at radius 1 is 1.03 bits per heavy atom. The number of fused-ring (bicyclic) bond motifs is 2. The Morgan fingerprint density at radius 2 is 1.89 bits per heavy atom. The standard InChI is InChI=1S/C30H30N6O/c1-20-14-28(37-24-6-3-2-4-7-24)34-26-17-23(8-9-25(20)26)33-29-27-18-32-30(36(27)13-10-31-29)22-15-21(16-22)19-35-11-5-12-35/h2-4,6-10,13-14,17-18,21-22H,5,11-12,15-16,19H2,1H3,(H,31,33). The van der Waals surface area contributed by atoms with Crippen LogP contribution in [-0.2, 0) is 0 Å². The van der Waals surface area contributed by atoms with Gasteiger partial charge in [0, 0.05) is 42.0 Å². The predicted molar refractivity (Wildman–Crippen MR) is 146 cm³/mol. The van der Waals surface area contributed by atoms with Gasteiger partial charge in [-0.05, 0) is 75.0 Å². The summed E-state index contributed by atoms with van der Waals surface area (Å²) in [6.45, 7) is 5.89. The molecule has 37 heavy (non-hydrogen) atoms. The number of hydrogen-bond acceptors (Lipinski definition) is 6. The summed E-state index contributed by atoms with van der Waals surface area (Å²) >= 11 is 0. The van der Waals surface area contributed by atoms with Crippen molar-refractivity contribution >= 4 is 27.9 Å². The van der Waals surface area contributed by atoms with E-state index >= 15 is 0 Å². The average molecular weight is 491 g/mol. The highest BCUT2D eigenvalue weighted by atomic mass is 16.5. The van der Waals surface area contributed by atoms with Crippen molar-refractivity contribution in [1.29, 1.82) is 0 Å². The van der Waals surface area contributed by atoms with Gasteiger partial charge in [-0.1, -0.05) is 24.3 Å². The van der Waals surface area contributed by atoms with Gasteiger partial charge in [0.05, 0.1) is 11.7 Å². The number of pyridine rings is 1. The first kappa shape index (κ1) is 22.2. The molecule has 1 aliphatic heterocycles. The summed E-state index contributed by atoms with van der Waals surface area (Å²) in [4.78, 5) is 16.8. The molecule has 7 rings (SSSR count). The molecule has 3 aromatic heterocycles. The van der Waals surface area contributed by atoms with Gasteiger partial charge in [-0.15, -0.1) is 0 Å². The lowest BCUT2D eigenvalue weighted by Crippen LogP contribution is -2.43. The Bertz CT molecular complexity index is 1570. The van der Waals surface area contributed by atoms with Gasteiger partial charge in [-0.2, -0.15) is 0 Å². The first-order chi connectivity index (χ1) is 18.2. The second kappa shape index (κ2) is 9.16. The Labute approximate surface area is 216 Å². The highest BCUT2D eigenvalue weighted by Gasteiger charge is 2.35. The van der Waals surface area contributed by atoms with Gasteiger partial charge in [0.15, 0.2) is 5.82 Å². The lowest BCUT2D eigenvalue weighted by atomic mass is 9.74. The molecule has 2 aliphatic rings. The summed E-state index contributed by atoms with van der Waals surface area (Å²) in [6.07, 6.45) is 9.64. The Kier molecular flexibility index (Phi) is 5.51. The third kappa shape index (κ3) is 4.29. The topological polar surface area (TPSA) is 67.6 Å². The van der Waals surface area contributed by atoms with E-state index < -0.39 is 0 Å². The molecule has 1 N–H and O–H groups in total. The molecule has 1 saturated carbocycles. The molecule has 0 radical (unpaired) electrons. The maximum atomic E-state index is 6.00. The fraction of sp³-hybridized carbons (Fsp3) is 0.300. The van der Waals surface area contributed by atoms with E-state index in [-0.39, 0.29) is 0 Å². The molecule has 0 amide bonds. The summed E-state index contributed by atoms with van der Waals surface area (Å²) in [5, 5.41) is 4.61. The molecule has 1 saturated heterocycles. The van der Waals surface area contributed by atoms with Gasteiger partial charge >= 0.3 is 0 Å². The van der Waals surface area contributed by atoms with Crippen LogP contribution < -0.4 is 10.1 Å². The smallest absolute Gasteiger partial charge is 0.220 e. The fourth-order valence-corrected chi connectivity index (χ4v) is 5.62. The first-order valence-corrected chi connectivity index (χ1v) is 13.2. The van der Waals surface area contributed by atoms with Gasteiger partial charge < -0.3 is 15.0 Å². The Balaban J connectivity index is 1.12. The molecule has 7 heteroatoms. The maximum Gasteiger partial charge on any atom is 0.220 e. The number of ether oxygens (including phenoxy) is 1. The number of hydrogen-bond donors (Lipinski definition) is 1. The minimum Gasteiger partial charge on any atom is -0.439 e. The van der Waals surface area contributed by atoms with Crippen molar-refractivity contribution < 1.29 is 4.74 Å². The van der Waals surface area contributed by atoms with Crippen molar-refractivity contribution in [2.75, 3.05) is 25.0 Å². The highest BCUT2D eigenvalue weighted by molar-refractivity contribution is 5.87. The molecule has 186 valence electrons. The number of nitrogens with one attached hydrogen (secondary N) is 1. The van der Waals surface area contributed by atoms with Crippen LogP contribution in [0.3, 0.4) is 0 Å². The van der Waals surface area contributed by atoms with Crippen LogP contribution in [0.2, 0.25) is 0 Å². The Hall–Kier alpha value is -3.97. The van der Waals surface area contributed by atoms with Gasteiger partial charge in [0.25, 0.3) is 0 Å². The molecular weight excluding hydrogens is 460 g/mol. The zero-order chi connectivity index (χ0) is 24.8. The van der Waals surface area contributed by atoms with E-state index in [1.807, 2.05) is 55.0 Å². The molecule has 7 nitrogen and oxygen atoms in total. The maximum absolute atomic E-state index is 6.00. The second-order valence-electron chi connectivity index (χ2n) is 10.4. The van der Waals surface area contributed by atoms with Crippen molar-refractivity contribution in [3.05, 3.63) is 84.6 Å². The molecule has 0 atom stereocenters. The van der Waals surface area contributed by atoms with Crippen molar-refractivity contribution in [3.63, 3.8) is 0 Å². The largest absolute Gasteiger partial charge is 0.439 e. The van der Waals surface area contributed by atoms with E-state index in [2.05, 4.69) is 44.7 Å². The first-order valence-electron chi connectivity index (χ1n) is 13.2. The number of likely N-dealkylation sites (tertiary alicyclic amines) is 1. The number of para-hydroxylation sites is 1. The van der Waals surface area contributed by atoms with Crippen LogP contribution in [0.1, 0.15) is 36.6 Å². The zero-order valence-corrected chi connectivity index (χ0v) is 21.0. The SMILES string of the molecule is Cc1cc(Oc2ccccc2)nc2cc(Nc3nccn4c(C5CC(CN6CCC6)C5)ncc34)ccc12. The molecule has 4 heterocycles. The molecule has 0 bridgehead atoms. The number of aromatic nitrogens is 4. The number of aryl methyl sites for hydroxylation is 1. The summed E-state index contributed by atoms with van der Waals surface area (Å²) in [5.74, 6) is 4.64. The van der Waals surface area contributed by atoms with Crippen LogP contribution in [0.25, 0.3) is 16.4 Å². The normalized spacial score (nSPS) is 19.5. The van der Waals surface area contributed by atoms with Crippen LogP contribution in [0.15, 0.2) is 73.2 Å². The van der Waals surface area contributed by atoms with Gasteiger partial charge in [0.1, 0.15) is 17.1 Å². The van der Waals surface area contributed by atoms with E-state index in [0.717, 1.165) is 51.0 Å². The van der Waals surface area contributed by atoms with E-state index in [4.69, 9.17) is 14.7 Å². The molecule has 1 aliphatic carbocycles. The second-order valence-corrected chi connectivity index (χ2v) is 10.4. The van der Waals surface area contributed by atoms with Crippen molar-refractivity contribution in [3.8, 4) is 11.6 Å². The summed E-state index contributed by atoms with van der Waals surface area (Å²) in [5.41, 5.74) is 3.92. The van der Waals surface area contributed by atoms with Gasteiger partial charge in [0.2, 0.25) is 5.88 Å². The lowest BCUT2D eigenvalue weighted by molar-refractivity contribution is 0.107. The summed E-state index contributed by atoms with van der Waals surface area (Å²) in [7, 11) is 0. The number of rotatable bonds is 7. The van der Waals surface area contributed by atoms with Gasteiger partial charge in [-0.3, -0.25) is 4.40 Å². The molecule has 2 fully saturated rings.